The lowest BCUT2D eigenvalue weighted by atomic mass is 9.83. The van der Waals surface area contributed by atoms with Gasteiger partial charge in [-0.25, -0.2) is 0 Å². The van der Waals surface area contributed by atoms with Gasteiger partial charge in [0.25, 0.3) is 0 Å². The summed E-state index contributed by atoms with van der Waals surface area (Å²) in [6.45, 7) is 0. The van der Waals surface area contributed by atoms with E-state index in [1.165, 1.54) is 36.3 Å². The van der Waals surface area contributed by atoms with Gasteiger partial charge in [0, 0.05) is 10.8 Å². The van der Waals surface area contributed by atoms with Gasteiger partial charge in [0.2, 0.25) is 11.8 Å². The topological polar surface area (TPSA) is 91.4 Å². The molecule has 2 amide bonds. The lowest BCUT2D eigenvalue weighted by molar-refractivity contribution is -0.125. The van der Waals surface area contributed by atoms with E-state index in [-0.39, 0.29) is 23.5 Å². The number of methoxy groups -OCH3 is 1. The molecular weight excluding hydrogens is 368 g/mol. The first-order chi connectivity index (χ1) is 11.5. The molecule has 3 heterocycles. The highest BCUT2D eigenvalue weighted by Gasteiger charge is 2.52. The molecule has 0 saturated carbocycles. The number of ether oxygens (including phenoxy) is 1. The molecule has 1 aromatic heterocycles. The molecule has 9 heteroatoms. The normalized spacial score (nSPS) is 25.1. The molecule has 6 nitrogen and oxygen atoms in total. The highest BCUT2D eigenvalue weighted by Crippen LogP contribution is 2.52. The minimum absolute atomic E-state index is 0.0249. The van der Waals surface area contributed by atoms with E-state index in [2.05, 4.69) is 10.3 Å². The molecule has 1 saturated heterocycles. The van der Waals surface area contributed by atoms with E-state index < -0.39 is 11.2 Å². The number of amides is 2. The molecule has 2 aromatic rings. The van der Waals surface area contributed by atoms with Gasteiger partial charge in [-0.2, -0.15) is 0 Å². The van der Waals surface area contributed by atoms with Crippen molar-refractivity contribution in [3.05, 3.63) is 32.6 Å². The molecule has 3 atom stereocenters. The predicted octanol–water partition coefficient (Wildman–Crippen LogP) is 2.40. The summed E-state index contributed by atoms with van der Waals surface area (Å²) in [5, 5.41) is 12.6. The van der Waals surface area contributed by atoms with Gasteiger partial charge >= 0.3 is 0 Å². The van der Waals surface area contributed by atoms with Crippen molar-refractivity contribution in [3.8, 4) is 11.5 Å². The Morgan fingerprint density at radius 1 is 1.29 bits per heavy atom. The summed E-state index contributed by atoms with van der Waals surface area (Å²) in [5.41, 5.74) is 0.802. The van der Waals surface area contributed by atoms with E-state index in [1.54, 1.807) is 12.1 Å². The SMILES string of the molecule is COc1cc(C2c3sc(=S)[nH]c3SC3C(=O)NC(=O)C32)ccc1O. The molecule has 1 fully saturated rings. The summed E-state index contributed by atoms with van der Waals surface area (Å²) in [6.07, 6.45) is 0. The molecule has 2 aliphatic rings. The number of thiazole rings is 1. The molecule has 24 heavy (non-hydrogen) atoms. The van der Waals surface area contributed by atoms with Crippen LogP contribution >= 0.6 is 35.3 Å². The van der Waals surface area contributed by atoms with E-state index >= 15 is 0 Å². The van der Waals surface area contributed by atoms with Crippen LogP contribution < -0.4 is 10.1 Å². The average Bonchev–Trinajstić information content (AvgIpc) is 3.05. The number of thioether (sulfide) groups is 1. The van der Waals surface area contributed by atoms with Gasteiger partial charge in [-0.15, -0.1) is 11.3 Å². The van der Waals surface area contributed by atoms with Gasteiger partial charge in [0.1, 0.15) is 5.25 Å². The fourth-order valence-corrected chi connectivity index (χ4v) is 6.11. The van der Waals surface area contributed by atoms with Crippen molar-refractivity contribution < 1.29 is 19.4 Å². The second-order valence-corrected chi connectivity index (χ2v) is 8.41. The maximum Gasteiger partial charge on any atom is 0.240 e. The number of phenols is 1. The number of phenolic OH excluding ortho intramolecular Hbond substituents is 1. The van der Waals surface area contributed by atoms with E-state index in [0.29, 0.717) is 9.70 Å². The molecular formula is C15H12N2O4S3. The number of fused-ring (bicyclic) bond motifs is 2. The van der Waals surface area contributed by atoms with Crippen LogP contribution in [0.25, 0.3) is 0 Å². The summed E-state index contributed by atoms with van der Waals surface area (Å²) < 4.78 is 5.79. The first kappa shape index (κ1) is 15.7. The minimum Gasteiger partial charge on any atom is -0.504 e. The zero-order chi connectivity index (χ0) is 17.0. The Labute approximate surface area is 150 Å². The van der Waals surface area contributed by atoms with Crippen molar-refractivity contribution in [3.63, 3.8) is 0 Å². The van der Waals surface area contributed by atoms with Gasteiger partial charge in [0.15, 0.2) is 15.5 Å². The Morgan fingerprint density at radius 2 is 2.08 bits per heavy atom. The number of carbonyl (C=O) groups excluding carboxylic acids is 2. The summed E-state index contributed by atoms with van der Waals surface area (Å²) in [6, 6.07) is 4.99. The zero-order valence-corrected chi connectivity index (χ0v) is 14.8. The van der Waals surface area contributed by atoms with Crippen molar-refractivity contribution >= 4 is 47.1 Å². The van der Waals surface area contributed by atoms with E-state index in [0.717, 1.165) is 15.5 Å². The van der Waals surface area contributed by atoms with Crippen molar-refractivity contribution in [2.24, 2.45) is 5.92 Å². The van der Waals surface area contributed by atoms with E-state index in [1.807, 2.05) is 0 Å². The van der Waals surface area contributed by atoms with Crippen molar-refractivity contribution in [2.45, 2.75) is 16.2 Å². The summed E-state index contributed by atoms with van der Waals surface area (Å²) in [4.78, 5) is 28.6. The van der Waals surface area contributed by atoms with Crippen LogP contribution in [0, 0.1) is 9.87 Å². The Hall–Kier alpha value is -1.84. The molecule has 4 rings (SSSR count). The van der Waals surface area contributed by atoms with Crippen LogP contribution in [0.2, 0.25) is 0 Å². The first-order valence-corrected chi connectivity index (χ1v) is 9.21. The Balaban J connectivity index is 1.91. The number of rotatable bonds is 2. The number of carbonyl (C=O) groups is 2. The van der Waals surface area contributed by atoms with Gasteiger partial charge in [-0.05, 0) is 29.9 Å². The third-order valence-corrected chi connectivity index (χ3v) is 6.99. The molecule has 2 aliphatic heterocycles. The molecule has 0 bridgehead atoms. The maximum atomic E-state index is 12.4. The van der Waals surface area contributed by atoms with Gasteiger partial charge in [-0.1, -0.05) is 17.8 Å². The largest absolute Gasteiger partial charge is 0.504 e. The van der Waals surface area contributed by atoms with Crippen LogP contribution in [0.15, 0.2) is 23.2 Å². The number of aromatic hydroxyl groups is 1. The molecule has 0 radical (unpaired) electrons. The van der Waals surface area contributed by atoms with Crippen LogP contribution in [0.3, 0.4) is 0 Å². The number of hydrogen-bond acceptors (Lipinski definition) is 7. The van der Waals surface area contributed by atoms with Gasteiger partial charge in [0.05, 0.1) is 18.1 Å². The Morgan fingerprint density at radius 3 is 2.83 bits per heavy atom. The predicted molar refractivity (Wildman–Crippen MR) is 92.3 cm³/mol. The lowest BCUT2D eigenvalue weighted by Gasteiger charge is -2.30. The molecule has 3 N–H and O–H groups in total. The lowest BCUT2D eigenvalue weighted by Crippen LogP contribution is -2.31. The molecule has 0 spiro atoms. The summed E-state index contributed by atoms with van der Waals surface area (Å²) >= 11 is 8.00. The maximum absolute atomic E-state index is 12.4. The second-order valence-electron chi connectivity index (χ2n) is 5.53. The number of H-pyrrole nitrogens is 1. The fraction of sp³-hybridized carbons (Fsp3) is 0.267. The van der Waals surface area contributed by atoms with E-state index in [4.69, 9.17) is 17.0 Å². The average molecular weight is 380 g/mol. The molecule has 124 valence electrons. The smallest absolute Gasteiger partial charge is 0.240 e. The highest BCUT2D eigenvalue weighted by molar-refractivity contribution is 8.00. The van der Waals surface area contributed by atoms with Crippen LogP contribution in [0.1, 0.15) is 16.4 Å². The number of hydrogen-bond donors (Lipinski definition) is 3. The second kappa shape index (κ2) is 5.61. The van der Waals surface area contributed by atoms with Crippen LogP contribution in [-0.2, 0) is 9.59 Å². The molecule has 1 aromatic carbocycles. The van der Waals surface area contributed by atoms with Crippen molar-refractivity contribution in [1.82, 2.24) is 10.3 Å². The number of imide groups is 1. The number of aromatic amines is 1. The fourth-order valence-electron chi connectivity index (χ4n) is 3.18. The quantitative estimate of drug-likeness (QED) is 0.547. The third-order valence-electron chi connectivity index (χ3n) is 4.23. The van der Waals surface area contributed by atoms with Crippen molar-refractivity contribution in [1.29, 1.82) is 0 Å². The Bertz CT molecular complexity index is 920. The number of nitrogens with one attached hydrogen (secondary N) is 2. The first-order valence-electron chi connectivity index (χ1n) is 7.11. The van der Waals surface area contributed by atoms with Gasteiger partial charge in [-0.3, -0.25) is 14.9 Å². The van der Waals surface area contributed by atoms with Crippen LogP contribution in [0.4, 0.5) is 0 Å². The van der Waals surface area contributed by atoms with Crippen LogP contribution in [0.5, 0.6) is 11.5 Å². The van der Waals surface area contributed by atoms with Crippen molar-refractivity contribution in [2.75, 3.05) is 7.11 Å². The van der Waals surface area contributed by atoms with Crippen LogP contribution in [-0.4, -0.2) is 34.3 Å². The Kier molecular flexibility index (Phi) is 3.66. The van der Waals surface area contributed by atoms with E-state index in [9.17, 15) is 14.7 Å². The monoisotopic (exact) mass is 380 g/mol. The highest BCUT2D eigenvalue weighted by atomic mass is 32.2. The minimum atomic E-state index is -0.509. The third kappa shape index (κ3) is 2.27. The molecule has 0 aliphatic carbocycles. The summed E-state index contributed by atoms with van der Waals surface area (Å²) in [5.74, 6) is -1.03. The number of aromatic nitrogens is 1. The summed E-state index contributed by atoms with van der Waals surface area (Å²) in [7, 11) is 1.47. The zero-order valence-electron chi connectivity index (χ0n) is 12.4. The van der Waals surface area contributed by atoms with Gasteiger partial charge < -0.3 is 14.8 Å². The standard InChI is InChI=1S/C15H12N2O4S3/c1-21-7-4-5(2-3-6(7)18)8-9-10(13(20)16-12(9)19)23-14-11(8)24-15(22)17-14/h2-4,8-10,18H,1H3,(H,17,22)(H,16,19,20). The molecule has 3 unspecified atom stereocenters. The number of benzene rings is 1.